The molecule has 0 unspecified atom stereocenters. The van der Waals surface area contributed by atoms with Gasteiger partial charge < -0.3 is 15.0 Å². The Hall–Kier alpha value is -1.20. The summed E-state index contributed by atoms with van der Waals surface area (Å²) in [6, 6.07) is 0. The summed E-state index contributed by atoms with van der Waals surface area (Å²) in [5.41, 5.74) is 2.20. The van der Waals surface area contributed by atoms with Crippen molar-refractivity contribution in [1.29, 1.82) is 0 Å². The molecule has 0 bridgehead atoms. The van der Waals surface area contributed by atoms with Gasteiger partial charge in [0.2, 0.25) is 5.95 Å². The molecule has 0 saturated carbocycles. The molecule has 0 amide bonds. The van der Waals surface area contributed by atoms with E-state index in [0.29, 0.717) is 0 Å². The molecule has 0 saturated heterocycles. The van der Waals surface area contributed by atoms with Crippen LogP contribution in [0, 0.1) is 6.92 Å². The first-order chi connectivity index (χ1) is 8.69. The minimum atomic E-state index is 0.766. The van der Waals surface area contributed by atoms with Crippen LogP contribution in [0.15, 0.2) is 6.20 Å². The number of anilines is 1. The minimum absolute atomic E-state index is 0.766. The van der Waals surface area contributed by atoms with Crippen molar-refractivity contribution < 1.29 is 4.74 Å². The molecule has 5 nitrogen and oxygen atoms in total. The lowest BCUT2D eigenvalue weighted by atomic mass is 10.2. The summed E-state index contributed by atoms with van der Waals surface area (Å²) < 4.78 is 5.04. The van der Waals surface area contributed by atoms with Gasteiger partial charge in [-0.3, -0.25) is 0 Å². The van der Waals surface area contributed by atoms with E-state index in [9.17, 15) is 0 Å². The minimum Gasteiger partial charge on any atom is -0.385 e. The number of aryl methyl sites for hydroxylation is 1. The molecule has 102 valence electrons. The first-order valence-corrected chi connectivity index (χ1v) is 6.42. The van der Waals surface area contributed by atoms with Crippen LogP contribution in [0.5, 0.6) is 0 Å². The highest BCUT2D eigenvalue weighted by Crippen LogP contribution is 2.10. The maximum atomic E-state index is 5.04. The van der Waals surface area contributed by atoms with E-state index >= 15 is 0 Å². The average Bonchev–Trinajstić information content (AvgIpc) is 2.37. The highest BCUT2D eigenvalue weighted by atomic mass is 16.5. The Kier molecular flexibility index (Phi) is 6.60. The van der Waals surface area contributed by atoms with Gasteiger partial charge in [0.25, 0.3) is 0 Å². The molecule has 0 fully saturated rings. The van der Waals surface area contributed by atoms with E-state index in [1.807, 2.05) is 20.2 Å². The van der Waals surface area contributed by atoms with Crippen molar-refractivity contribution in [3.05, 3.63) is 17.5 Å². The first kappa shape index (κ1) is 14.9. The topological polar surface area (TPSA) is 50.3 Å². The zero-order valence-electron chi connectivity index (χ0n) is 11.9. The van der Waals surface area contributed by atoms with Crippen LogP contribution in [-0.2, 0) is 11.3 Å². The number of hydrogen-bond acceptors (Lipinski definition) is 5. The van der Waals surface area contributed by atoms with Gasteiger partial charge in [-0.15, -0.1) is 0 Å². The number of ether oxygens (including phenoxy) is 1. The molecule has 0 atom stereocenters. The number of rotatable bonds is 8. The SMILES string of the molecule is CCNCc1cnc(N(C)CCCOC)nc1C. The molecule has 5 heteroatoms. The Morgan fingerprint density at radius 1 is 1.44 bits per heavy atom. The smallest absolute Gasteiger partial charge is 0.225 e. The summed E-state index contributed by atoms with van der Waals surface area (Å²) in [6.45, 7) is 7.57. The van der Waals surface area contributed by atoms with Crippen LogP contribution in [0.4, 0.5) is 5.95 Å². The lowest BCUT2D eigenvalue weighted by molar-refractivity contribution is 0.196. The van der Waals surface area contributed by atoms with Crippen molar-refractivity contribution in [2.24, 2.45) is 0 Å². The Morgan fingerprint density at radius 3 is 2.83 bits per heavy atom. The third-order valence-corrected chi connectivity index (χ3v) is 2.82. The molecular weight excluding hydrogens is 228 g/mol. The monoisotopic (exact) mass is 252 g/mol. The second-order valence-electron chi connectivity index (χ2n) is 4.33. The number of hydrogen-bond donors (Lipinski definition) is 1. The second kappa shape index (κ2) is 8.00. The van der Waals surface area contributed by atoms with Gasteiger partial charge in [0, 0.05) is 51.3 Å². The van der Waals surface area contributed by atoms with Crippen molar-refractivity contribution in [2.75, 3.05) is 38.8 Å². The summed E-state index contributed by atoms with van der Waals surface area (Å²) >= 11 is 0. The maximum absolute atomic E-state index is 5.04. The molecule has 1 rings (SSSR count). The van der Waals surface area contributed by atoms with Gasteiger partial charge in [0.05, 0.1) is 0 Å². The number of aromatic nitrogens is 2. The molecule has 0 aliphatic rings. The molecule has 0 radical (unpaired) electrons. The Labute approximate surface area is 110 Å². The Bertz CT molecular complexity index is 357. The van der Waals surface area contributed by atoms with Gasteiger partial charge >= 0.3 is 0 Å². The second-order valence-corrected chi connectivity index (χ2v) is 4.33. The zero-order chi connectivity index (χ0) is 13.4. The van der Waals surface area contributed by atoms with E-state index in [4.69, 9.17) is 4.74 Å². The largest absolute Gasteiger partial charge is 0.385 e. The molecule has 0 aromatic carbocycles. The van der Waals surface area contributed by atoms with E-state index in [1.165, 1.54) is 0 Å². The molecule has 0 aliphatic heterocycles. The van der Waals surface area contributed by atoms with Crippen LogP contribution in [0.1, 0.15) is 24.6 Å². The summed E-state index contributed by atoms with van der Waals surface area (Å²) in [6.07, 6.45) is 2.89. The van der Waals surface area contributed by atoms with Crippen LogP contribution in [0.2, 0.25) is 0 Å². The summed E-state index contributed by atoms with van der Waals surface area (Å²) in [7, 11) is 3.73. The molecule has 1 aromatic rings. The van der Waals surface area contributed by atoms with Crippen LogP contribution >= 0.6 is 0 Å². The highest BCUT2D eigenvalue weighted by molar-refractivity contribution is 5.31. The van der Waals surface area contributed by atoms with Crippen molar-refractivity contribution in [3.8, 4) is 0 Å². The fourth-order valence-corrected chi connectivity index (χ4v) is 1.64. The lowest BCUT2D eigenvalue weighted by Crippen LogP contribution is -2.23. The van der Waals surface area contributed by atoms with E-state index < -0.39 is 0 Å². The van der Waals surface area contributed by atoms with E-state index in [0.717, 1.165) is 49.9 Å². The molecule has 1 heterocycles. The fraction of sp³-hybridized carbons (Fsp3) is 0.692. The van der Waals surface area contributed by atoms with Gasteiger partial charge in [-0.25, -0.2) is 9.97 Å². The predicted molar refractivity (Wildman–Crippen MR) is 73.9 cm³/mol. The van der Waals surface area contributed by atoms with Crippen molar-refractivity contribution in [1.82, 2.24) is 15.3 Å². The van der Waals surface area contributed by atoms with Gasteiger partial charge in [-0.05, 0) is 19.9 Å². The number of nitrogens with one attached hydrogen (secondary N) is 1. The van der Waals surface area contributed by atoms with E-state index in [2.05, 4.69) is 27.1 Å². The maximum Gasteiger partial charge on any atom is 0.225 e. The highest BCUT2D eigenvalue weighted by Gasteiger charge is 2.07. The quantitative estimate of drug-likeness (QED) is 0.708. The van der Waals surface area contributed by atoms with Crippen LogP contribution < -0.4 is 10.2 Å². The summed E-state index contributed by atoms with van der Waals surface area (Å²) in [4.78, 5) is 11.0. The van der Waals surface area contributed by atoms with Gasteiger partial charge in [-0.1, -0.05) is 6.92 Å². The van der Waals surface area contributed by atoms with Gasteiger partial charge in [0.15, 0.2) is 0 Å². The van der Waals surface area contributed by atoms with Crippen molar-refractivity contribution >= 4 is 5.95 Å². The molecule has 0 aliphatic carbocycles. The summed E-state index contributed by atoms with van der Waals surface area (Å²) in [5, 5.41) is 3.29. The number of methoxy groups -OCH3 is 1. The Morgan fingerprint density at radius 2 is 2.22 bits per heavy atom. The molecule has 18 heavy (non-hydrogen) atoms. The van der Waals surface area contributed by atoms with Crippen LogP contribution in [0.25, 0.3) is 0 Å². The first-order valence-electron chi connectivity index (χ1n) is 6.42. The van der Waals surface area contributed by atoms with Crippen molar-refractivity contribution in [2.45, 2.75) is 26.8 Å². The van der Waals surface area contributed by atoms with Crippen LogP contribution in [0.3, 0.4) is 0 Å². The average molecular weight is 252 g/mol. The lowest BCUT2D eigenvalue weighted by Gasteiger charge is -2.17. The van der Waals surface area contributed by atoms with Gasteiger partial charge in [0.1, 0.15) is 0 Å². The third kappa shape index (κ3) is 4.58. The normalized spacial score (nSPS) is 10.7. The Balaban J connectivity index is 2.59. The standard InChI is InChI=1S/C13H24N4O/c1-5-14-9-12-10-15-13(16-11(12)2)17(3)7-6-8-18-4/h10,14H,5-9H2,1-4H3. The number of nitrogens with zero attached hydrogens (tertiary/aromatic N) is 3. The van der Waals surface area contributed by atoms with E-state index in [-0.39, 0.29) is 0 Å². The van der Waals surface area contributed by atoms with Crippen LogP contribution in [-0.4, -0.2) is 43.8 Å². The van der Waals surface area contributed by atoms with Gasteiger partial charge in [-0.2, -0.15) is 0 Å². The molecule has 1 aromatic heterocycles. The predicted octanol–water partition coefficient (Wildman–Crippen LogP) is 1.37. The fourth-order valence-electron chi connectivity index (χ4n) is 1.64. The van der Waals surface area contributed by atoms with Crippen molar-refractivity contribution in [3.63, 3.8) is 0 Å². The van der Waals surface area contributed by atoms with E-state index in [1.54, 1.807) is 7.11 Å². The molecular formula is C13H24N4O. The molecule has 1 N–H and O–H groups in total. The molecule has 0 spiro atoms. The third-order valence-electron chi connectivity index (χ3n) is 2.82. The zero-order valence-corrected chi connectivity index (χ0v) is 11.9. The summed E-state index contributed by atoms with van der Waals surface area (Å²) in [5.74, 6) is 0.781.